The summed E-state index contributed by atoms with van der Waals surface area (Å²) in [4.78, 5) is 25.5. The largest absolute Gasteiger partial charge is 0.353 e. The SMILES string of the molecule is C[C@@H](C(=O)N1CCN(c2ccc(S(=O)(=O)Nc3nccs3)cn2)CC1)n1ccc2ccc(Cl)cc21. The number of halogens is 1. The van der Waals surface area contributed by atoms with Gasteiger partial charge in [0.25, 0.3) is 10.0 Å². The van der Waals surface area contributed by atoms with E-state index in [0.29, 0.717) is 42.2 Å². The number of sulfonamides is 1. The number of carbonyl (C=O) groups excluding carboxylic acids is 1. The second-order valence-electron chi connectivity index (χ2n) is 8.21. The average molecular weight is 531 g/mol. The molecule has 1 N–H and O–H groups in total. The summed E-state index contributed by atoms with van der Waals surface area (Å²) < 4.78 is 29.4. The predicted molar refractivity (Wildman–Crippen MR) is 138 cm³/mol. The number of carbonyl (C=O) groups is 1. The molecule has 12 heteroatoms. The minimum Gasteiger partial charge on any atom is -0.353 e. The van der Waals surface area contributed by atoms with Gasteiger partial charge in [-0.3, -0.25) is 9.52 Å². The van der Waals surface area contributed by atoms with Crippen LogP contribution in [0.3, 0.4) is 0 Å². The fourth-order valence-electron chi connectivity index (χ4n) is 4.17. The van der Waals surface area contributed by atoms with Crippen molar-refractivity contribution in [1.82, 2.24) is 19.4 Å². The summed E-state index contributed by atoms with van der Waals surface area (Å²) in [5, 5.41) is 3.68. The monoisotopic (exact) mass is 530 g/mol. The molecule has 9 nitrogen and oxygen atoms in total. The second kappa shape index (κ2) is 9.48. The molecule has 1 atom stereocenters. The number of amides is 1. The number of hydrogen-bond donors (Lipinski definition) is 1. The highest BCUT2D eigenvalue weighted by atomic mass is 35.5. The van der Waals surface area contributed by atoms with Crippen molar-refractivity contribution in [2.45, 2.75) is 17.9 Å². The number of nitrogens with one attached hydrogen (secondary N) is 1. The van der Waals surface area contributed by atoms with E-state index in [4.69, 9.17) is 11.6 Å². The lowest BCUT2D eigenvalue weighted by molar-refractivity contribution is -0.134. The van der Waals surface area contributed by atoms with E-state index in [0.717, 1.165) is 10.9 Å². The Kier molecular flexibility index (Phi) is 6.39. The summed E-state index contributed by atoms with van der Waals surface area (Å²) in [6, 6.07) is 10.5. The Balaban J connectivity index is 1.22. The lowest BCUT2D eigenvalue weighted by atomic mass is 10.2. The first-order valence-corrected chi connectivity index (χ1v) is 13.7. The van der Waals surface area contributed by atoms with E-state index in [-0.39, 0.29) is 16.8 Å². The van der Waals surface area contributed by atoms with E-state index in [1.165, 1.54) is 29.8 Å². The van der Waals surface area contributed by atoms with E-state index < -0.39 is 10.0 Å². The fraction of sp³-hybridized carbons (Fsp3) is 0.261. The van der Waals surface area contributed by atoms with E-state index in [2.05, 4.69) is 14.7 Å². The van der Waals surface area contributed by atoms with Crippen LogP contribution in [0.4, 0.5) is 10.9 Å². The molecule has 4 heterocycles. The number of fused-ring (bicyclic) bond motifs is 1. The van der Waals surface area contributed by atoms with Crippen LogP contribution in [0.25, 0.3) is 10.9 Å². The molecule has 0 unspecified atom stereocenters. The number of thiazole rings is 1. The van der Waals surface area contributed by atoms with Gasteiger partial charge in [0.15, 0.2) is 5.13 Å². The number of aromatic nitrogens is 3. The van der Waals surface area contributed by atoms with Gasteiger partial charge in [-0.1, -0.05) is 17.7 Å². The third kappa shape index (κ3) is 4.84. The van der Waals surface area contributed by atoms with Gasteiger partial charge in [0.1, 0.15) is 16.8 Å². The zero-order chi connectivity index (χ0) is 24.6. The number of nitrogens with zero attached hydrogens (tertiary/aromatic N) is 5. The lowest BCUT2D eigenvalue weighted by Gasteiger charge is -2.36. The molecule has 3 aromatic heterocycles. The number of benzene rings is 1. The zero-order valence-electron chi connectivity index (χ0n) is 18.8. The van der Waals surface area contributed by atoms with Crippen molar-refractivity contribution in [2.24, 2.45) is 0 Å². The maximum Gasteiger partial charge on any atom is 0.265 e. The van der Waals surface area contributed by atoms with Crippen LogP contribution in [0.2, 0.25) is 5.02 Å². The van der Waals surface area contributed by atoms with Crippen molar-refractivity contribution in [2.75, 3.05) is 35.8 Å². The summed E-state index contributed by atoms with van der Waals surface area (Å²) >= 11 is 7.37. The Morgan fingerprint density at radius 1 is 1.11 bits per heavy atom. The molecule has 0 aliphatic carbocycles. The minimum absolute atomic E-state index is 0.0461. The smallest absolute Gasteiger partial charge is 0.265 e. The van der Waals surface area contributed by atoms with Gasteiger partial charge in [0, 0.05) is 55.2 Å². The van der Waals surface area contributed by atoms with E-state index in [1.807, 2.05) is 51.8 Å². The highest BCUT2D eigenvalue weighted by Crippen LogP contribution is 2.25. The van der Waals surface area contributed by atoms with E-state index in [1.54, 1.807) is 11.4 Å². The zero-order valence-corrected chi connectivity index (χ0v) is 21.2. The first-order valence-electron chi connectivity index (χ1n) is 11.0. The molecule has 4 aromatic rings. The molecule has 0 radical (unpaired) electrons. The second-order valence-corrected chi connectivity index (χ2v) is 11.2. The van der Waals surface area contributed by atoms with Crippen LogP contribution in [0.5, 0.6) is 0 Å². The van der Waals surface area contributed by atoms with Gasteiger partial charge in [-0.2, -0.15) is 0 Å². The molecule has 1 aliphatic rings. The van der Waals surface area contributed by atoms with Crippen LogP contribution in [0.15, 0.2) is 65.3 Å². The maximum atomic E-state index is 13.2. The standard InChI is InChI=1S/C23H23ClN6O3S2/c1-16(30-8-6-17-2-3-18(24)14-20(17)30)22(31)29-11-9-28(10-12-29)21-5-4-19(15-26-21)35(32,33)27-23-25-7-13-34-23/h2-8,13-16H,9-12H2,1H3,(H,25,27)/t16-/m0/s1. The van der Waals surface area contributed by atoms with Gasteiger partial charge >= 0.3 is 0 Å². The Labute approximate surface area is 212 Å². The lowest BCUT2D eigenvalue weighted by Crippen LogP contribution is -2.50. The highest BCUT2D eigenvalue weighted by Gasteiger charge is 2.27. The summed E-state index contributed by atoms with van der Waals surface area (Å²) in [7, 11) is -3.75. The molecule has 1 amide bonds. The van der Waals surface area contributed by atoms with Crippen LogP contribution in [0, 0.1) is 0 Å². The van der Waals surface area contributed by atoms with Crippen LogP contribution in [-0.2, 0) is 14.8 Å². The topological polar surface area (TPSA) is 100 Å². The highest BCUT2D eigenvalue weighted by molar-refractivity contribution is 7.93. The van der Waals surface area contributed by atoms with Gasteiger partial charge in [0.2, 0.25) is 5.91 Å². The van der Waals surface area contributed by atoms with Crippen LogP contribution >= 0.6 is 22.9 Å². The van der Waals surface area contributed by atoms with Crippen molar-refractivity contribution < 1.29 is 13.2 Å². The number of hydrogen-bond acceptors (Lipinski definition) is 7. The van der Waals surface area contributed by atoms with E-state index in [9.17, 15) is 13.2 Å². The van der Waals surface area contributed by atoms with Gasteiger partial charge in [-0.15, -0.1) is 11.3 Å². The number of piperazine rings is 1. The van der Waals surface area contributed by atoms with Crippen LogP contribution < -0.4 is 9.62 Å². The summed E-state index contributed by atoms with van der Waals surface area (Å²) in [5.41, 5.74) is 0.931. The van der Waals surface area contributed by atoms with Crippen molar-refractivity contribution in [3.8, 4) is 0 Å². The predicted octanol–water partition coefficient (Wildman–Crippen LogP) is 3.86. The molecule has 0 bridgehead atoms. The molecule has 5 rings (SSSR count). The van der Waals surface area contributed by atoms with Gasteiger partial charge in [-0.25, -0.2) is 18.4 Å². The minimum atomic E-state index is -3.75. The number of anilines is 2. The van der Waals surface area contributed by atoms with Crippen molar-refractivity contribution >= 4 is 60.7 Å². The van der Waals surface area contributed by atoms with Crippen LogP contribution in [0.1, 0.15) is 13.0 Å². The quantitative estimate of drug-likeness (QED) is 0.406. The van der Waals surface area contributed by atoms with Crippen molar-refractivity contribution in [1.29, 1.82) is 0 Å². The molecular weight excluding hydrogens is 508 g/mol. The van der Waals surface area contributed by atoms with E-state index >= 15 is 0 Å². The molecule has 1 saturated heterocycles. The Morgan fingerprint density at radius 2 is 1.91 bits per heavy atom. The summed E-state index contributed by atoms with van der Waals surface area (Å²) in [6.45, 7) is 4.21. The van der Waals surface area contributed by atoms with Crippen molar-refractivity contribution in [3.63, 3.8) is 0 Å². The molecular formula is C23H23ClN6O3S2. The van der Waals surface area contributed by atoms with Gasteiger partial charge in [-0.05, 0) is 42.6 Å². The van der Waals surface area contributed by atoms with Crippen molar-refractivity contribution in [3.05, 3.63) is 65.4 Å². The first-order chi connectivity index (χ1) is 16.8. The molecule has 0 saturated carbocycles. The van der Waals surface area contributed by atoms with Gasteiger partial charge < -0.3 is 14.4 Å². The molecule has 1 aromatic carbocycles. The molecule has 182 valence electrons. The third-order valence-electron chi connectivity index (χ3n) is 6.06. The first kappa shape index (κ1) is 23.6. The number of rotatable bonds is 6. The number of pyridine rings is 1. The Morgan fingerprint density at radius 3 is 2.60 bits per heavy atom. The molecule has 1 aliphatic heterocycles. The molecule has 1 fully saturated rings. The Bertz CT molecular complexity index is 1450. The Hall–Kier alpha value is -3.15. The average Bonchev–Trinajstić information content (AvgIpc) is 3.52. The summed E-state index contributed by atoms with van der Waals surface area (Å²) in [5.74, 6) is 0.717. The fourth-order valence-corrected chi connectivity index (χ4v) is 6.06. The molecule has 35 heavy (non-hydrogen) atoms. The normalized spacial score (nSPS) is 15.4. The molecule has 0 spiro atoms. The third-order valence-corrected chi connectivity index (χ3v) is 8.44. The van der Waals surface area contributed by atoms with Gasteiger partial charge in [0.05, 0.1) is 5.52 Å². The summed E-state index contributed by atoms with van der Waals surface area (Å²) in [6.07, 6.45) is 4.79. The van der Waals surface area contributed by atoms with Crippen LogP contribution in [-0.4, -0.2) is 59.9 Å². The maximum absolute atomic E-state index is 13.2.